The molecule has 0 radical (unpaired) electrons. The molecule has 1 aromatic carbocycles. The van der Waals surface area contributed by atoms with Crippen LogP contribution in [0.3, 0.4) is 0 Å². The van der Waals surface area contributed by atoms with Gasteiger partial charge in [-0.25, -0.2) is 0 Å². The monoisotopic (exact) mass is 424 g/mol. The number of nitrogens with zero attached hydrogens (tertiary/aromatic N) is 3. The molecule has 2 aliphatic rings. The van der Waals surface area contributed by atoms with E-state index in [0.717, 1.165) is 63.1 Å². The molecule has 0 saturated carbocycles. The Kier molecular flexibility index (Phi) is 6.26. The van der Waals surface area contributed by atoms with Crippen LogP contribution >= 0.6 is 11.3 Å². The number of anilines is 2. The van der Waals surface area contributed by atoms with Crippen molar-refractivity contribution >= 4 is 27.9 Å². The molecule has 30 heavy (non-hydrogen) atoms. The maximum absolute atomic E-state index is 13.0. The third kappa shape index (κ3) is 4.16. The van der Waals surface area contributed by atoms with Crippen LogP contribution in [0.25, 0.3) is 0 Å². The Labute approximate surface area is 181 Å². The van der Waals surface area contributed by atoms with Crippen LogP contribution in [-0.2, 0) is 17.6 Å². The van der Waals surface area contributed by atoms with Gasteiger partial charge in [0.05, 0.1) is 17.3 Å². The second-order valence-corrected chi connectivity index (χ2v) is 9.16. The molecule has 1 aromatic heterocycles. The first-order chi connectivity index (χ1) is 14.6. The number of hydrogen-bond donors (Lipinski definition) is 2. The molecule has 1 atom stereocenters. The third-order valence-corrected chi connectivity index (χ3v) is 7.44. The molecule has 7 heteroatoms. The standard InChI is InChI=1S/C23H28N4O2S/c1-16(26-11-13-27(14-12-26)19-8-5-6-9-20(19)28)22(29)25-23-18(15-24)17-7-3-2-4-10-21(17)30-23/h5-6,8-9,16,28H,2-4,7,10-14H2,1H3,(H,25,29)/t16-/m0/s1. The summed E-state index contributed by atoms with van der Waals surface area (Å²) < 4.78 is 0. The lowest BCUT2D eigenvalue weighted by atomic mass is 10.1. The summed E-state index contributed by atoms with van der Waals surface area (Å²) in [6, 6.07) is 9.43. The molecule has 1 fully saturated rings. The van der Waals surface area contributed by atoms with E-state index in [9.17, 15) is 15.2 Å². The lowest BCUT2D eigenvalue weighted by Gasteiger charge is -2.38. The van der Waals surface area contributed by atoms with Gasteiger partial charge in [-0.2, -0.15) is 5.26 Å². The first-order valence-electron chi connectivity index (χ1n) is 10.7. The molecule has 2 N–H and O–H groups in total. The molecule has 4 rings (SSSR count). The zero-order valence-electron chi connectivity index (χ0n) is 17.4. The molecule has 0 spiro atoms. The van der Waals surface area contributed by atoms with Crippen molar-refractivity contribution in [3.63, 3.8) is 0 Å². The fourth-order valence-corrected chi connectivity index (χ4v) is 5.66. The average molecular weight is 425 g/mol. The van der Waals surface area contributed by atoms with E-state index in [1.807, 2.05) is 25.1 Å². The number of phenolic OH excluding ortho intramolecular Hbond substituents is 1. The van der Waals surface area contributed by atoms with Gasteiger partial charge in [-0.15, -0.1) is 11.3 Å². The lowest BCUT2D eigenvalue weighted by molar-refractivity contribution is -0.120. The molecule has 1 aliphatic heterocycles. The summed E-state index contributed by atoms with van der Waals surface area (Å²) in [6.45, 7) is 4.93. The predicted molar refractivity (Wildman–Crippen MR) is 120 cm³/mol. The smallest absolute Gasteiger partial charge is 0.242 e. The van der Waals surface area contributed by atoms with Crippen molar-refractivity contribution in [2.45, 2.75) is 45.1 Å². The Balaban J connectivity index is 1.39. The number of piperazine rings is 1. The summed E-state index contributed by atoms with van der Waals surface area (Å²) in [7, 11) is 0. The van der Waals surface area contributed by atoms with Crippen molar-refractivity contribution < 1.29 is 9.90 Å². The molecule has 1 aliphatic carbocycles. The summed E-state index contributed by atoms with van der Waals surface area (Å²) in [5, 5.41) is 23.5. The first kappa shape index (κ1) is 20.7. The van der Waals surface area contributed by atoms with E-state index in [2.05, 4.69) is 21.2 Å². The van der Waals surface area contributed by atoms with Crippen molar-refractivity contribution in [1.82, 2.24) is 4.90 Å². The normalized spacial score (nSPS) is 18.2. The largest absolute Gasteiger partial charge is 0.506 e. The summed E-state index contributed by atoms with van der Waals surface area (Å²) in [5.74, 6) is 0.233. The second-order valence-electron chi connectivity index (χ2n) is 8.06. The molecule has 158 valence electrons. The Morgan fingerprint density at radius 1 is 1.17 bits per heavy atom. The number of phenols is 1. The van der Waals surface area contributed by atoms with E-state index in [4.69, 9.17) is 0 Å². The minimum Gasteiger partial charge on any atom is -0.506 e. The Hall–Kier alpha value is -2.56. The summed E-state index contributed by atoms with van der Waals surface area (Å²) >= 11 is 1.58. The number of para-hydroxylation sites is 2. The number of aryl methyl sites for hydroxylation is 1. The van der Waals surface area contributed by atoms with Crippen LogP contribution in [-0.4, -0.2) is 48.1 Å². The average Bonchev–Trinajstić information content (AvgIpc) is 2.92. The van der Waals surface area contributed by atoms with E-state index in [-0.39, 0.29) is 11.9 Å². The highest BCUT2D eigenvalue weighted by Gasteiger charge is 2.28. The molecule has 1 amide bonds. The van der Waals surface area contributed by atoms with Crippen LogP contribution < -0.4 is 10.2 Å². The number of carbonyl (C=O) groups is 1. The zero-order valence-corrected chi connectivity index (χ0v) is 18.2. The molecular weight excluding hydrogens is 396 g/mol. The summed E-state index contributed by atoms with van der Waals surface area (Å²) in [5.41, 5.74) is 2.66. The fraction of sp³-hybridized carbons (Fsp3) is 0.478. The quantitative estimate of drug-likeness (QED) is 0.731. The van der Waals surface area contributed by atoms with Crippen LogP contribution in [0.15, 0.2) is 24.3 Å². The minimum atomic E-state index is -0.273. The summed E-state index contributed by atoms with van der Waals surface area (Å²) in [6.07, 6.45) is 5.42. The number of carbonyl (C=O) groups excluding carboxylic acids is 1. The number of rotatable bonds is 4. The lowest BCUT2D eigenvalue weighted by Crippen LogP contribution is -2.52. The highest BCUT2D eigenvalue weighted by atomic mass is 32.1. The number of fused-ring (bicyclic) bond motifs is 1. The van der Waals surface area contributed by atoms with Crippen molar-refractivity contribution in [3.05, 3.63) is 40.3 Å². The van der Waals surface area contributed by atoms with E-state index >= 15 is 0 Å². The van der Waals surface area contributed by atoms with Gasteiger partial charge in [0.25, 0.3) is 0 Å². The number of nitrogens with one attached hydrogen (secondary N) is 1. The van der Waals surface area contributed by atoms with Crippen LogP contribution in [0.2, 0.25) is 0 Å². The fourth-order valence-electron chi connectivity index (χ4n) is 4.41. The topological polar surface area (TPSA) is 79.6 Å². The number of benzene rings is 1. The highest BCUT2D eigenvalue weighted by molar-refractivity contribution is 7.16. The number of amides is 1. The van der Waals surface area contributed by atoms with Gasteiger partial charge in [0.1, 0.15) is 16.8 Å². The SMILES string of the molecule is C[C@@H](C(=O)Nc1sc2c(c1C#N)CCCCC2)N1CCN(c2ccccc2O)CC1. The van der Waals surface area contributed by atoms with Crippen LogP contribution in [0, 0.1) is 11.3 Å². The van der Waals surface area contributed by atoms with E-state index in [1.165, 1.54) is 11.3 Å². The molecule has 1 saturated heterocycles. The van der Waals surface area contributed by atoms with E-state index in [1.54, 1.807) is 17.4 Å². The Morgan fingerprint density at radius 3 is 2.63 bits per heavy atom. The third-order valence-electron chi connectivity index (χ3n) is 6.23. The molecule has 6 nitrogen and oxygen atoms in total. The van der Waals surface area contributed by atoms with Crippen LogP contribution in [0.1, 0.15) is 42.2 Å². The van der Waals surface area contributed by atoms with Crippen LogP contribution in [0.4, 0.5) is 10.7 Å². The van der Waals surface area contributed by atoms with Crippen molar-refractivity contribution in [3.8, 4) is 11.8 Å². The Morgan fingerprint density at radius 2 is 1.90 bits per heavy atom. The zero-order chi connectivity index (χ0) is 21.1. The van der Waals surface area contributed by atoms with Crippen LogP contribution in [0.5, 0.6) is 5.75 Å². The van der Waals surface area contributed by atoms with Crippen molar-refractivity contribution in [2.75, 3.05) is 36.4 Å². The maximum Gasteiger partial charge on any atom is 0.242 e. The van der Waals surface area contributed by atoms with Gasteiger partial charge < -0.3 is 15.3 Å². The molecule has 0 unspecified atom stereocenters. The number of nitriles is 1. The number of hydrogen-bond acceptors (Lipinski definition) is 6. The number of thiophene rings is 1. The van der Waals surface area contributed by atoms with Crippen molar-refractivity contribution in [2.24, 2.45) is 0 Å². The van der Waals surface area contributed by atoms with Gasteiger partial charge >= 0.3 is 0 Å². The molecular formula is C23H28N4O2S. The Bertz CT molecular complexity index is 957. The second kappa shape index (κ2) is 9.07. The minimum absolute atomic E-state index is 0.0566. The van der Waals surface area contributed by atoms with Gasteiger partial charge in [-0.05, 0) is 50.3 Å². The van der Waals surface area contributed by atoms with E-state index in [0.29, 0.717) is 16.3 Å². The predicted octanol–water partition coefficient (Wildman–Crippen LogP) is 3.74. The molecule has 2 heterocycles. The van der Waals surface area contributed by atoms with Crippen molar-refractivity contribution in [1.29, 1.82) is 5.26 Å². The van der Waals surface area contributed by atoms with Gasteiger partial charge in [-0.1, -0.05) is 18.6 Å². The summed E-state index contributed by atoms with van der Waals surface area (Å²) in [4.78, 5) is 18.5. The number of aromatic hydroxyl groups is 1. The van der Waals surface area contributed by atoms with Gasteiger partial charge in [0.2, 0.25) is 5.91 Å². The van der Waals surface area contributed by atoms with Gasteiger partial charge in [0, 0.05) is 31.1 Å². The highest BCUT2D eigenvalue weighted by Crippen LogP contribution is 2.37. The van der Waals surface area contributed by atoms with E-state index < -0.39 is 0 Å². The molecule has 0 bridgehead atoms. The molecule has 2 aromatic rings. The van der Waals surface area contributed by atoms with Gasteiger partial charge in [-0.3, -0.25) is 9.69 Å². The first-order valence-corrected chi connectivity index (χ1v) is 11.5. The maximum atomic E-state index is 13.0. The van der Waals surface area contributed by atoms with Gasteiger partial charge in [0.15, 0.2) is 0 Å².